The van der Waals surface area contributed by atoms with Gasteiger partial charge in [-0.25, -0.2) is 13.2 Å². The van der Waals surface area contributed by atoms with Crippen molar-refractivity contribution in [2.45, 2.75) is 27.3 Å². The molecule has 0 aliphatic heterocycles. The Bertz CT molecular complexity index is 516. The van der Waals surface area contributed by atoms with Gasteiger partial charge < -0.3 is 9.30 Å². The van der Waals surface area contributed by atoms with E-state index in [4.69, 9.17) is 4.74 Å². The average molecular weight is 273 g/mol. The molecule has 0 unspecified atom stereocenters. The maximum absolute atomic E-state index is 11.7. The van der Waals surface area contributed by atoms with Crippen LogP contribution in [0.5, 0.6) is 0 Å². The normalized spacial score (nSPS) is 11.5. The first kappa shape index (κ1) is 14.8. The second-order valence-corrected chi connectivity index (χ2v) is 6.47. The number of carbonyl (C=O) groups excluding carboxylic acids is 1. The third-order valence-electron chi connectivity index (χ3n) is 2.72. The quantitative estimate of drug-likeness (QED) is 0.735. The molecule has 0 aliphatic rings. The Morgan fingerprint density at radius 1 is 1.39 bits per heavy atom. The van der Waals surface area contributed by atoms with E-state index in [0.717, 1.165) is 5.56 Å². The van der Waals surface area contributed by atoms with Crippen molar-refractivity contribution in [1.82, 2.24) is 4.57 Å². The molecule has 5 nitrogen and oxygen atoms in total. The van der Waals surface area contributed by atoms with Gasteiger partial charge in [0.1, 0.15) is 5.69 Å². The molecule has 1 rings (SSSR count). The highest BCUT2D eigenvalue weighted by molar-refractivity contribution is 7.91. The summed E-state index contributed by atoms with van der Waals surface area (Å²) in [6.07, 6.45) is 1.72. The summed E-state index contributed by atoms with van der Waals surface area (Å²) in [4.78, 5) is 11.7. The highest BCUT2D eigenvalue weighted by atomic mass is 32.2. The number of sulfone groups is 1. The van der Waals surface area contributed by atoms with Crippen LogP contribution in [-0.4, -0.2) is 37.1 Å². The number of nitrogens with zero attached hydrogens (tertiary/aromatic N) is 1. The minimum absolute atomic E-state index is 0.0318. The molecule has 0 N–H and O–H groups in total. The molecule has 1 heterocycles. The molecule has 0 atom stereocenters. The van der Waals surface area contributed by atoms with Gasteiger partial charge in [-0.2, -0.15) is 0 Å². The van der Waals surface area contributed by atoms with Crippen LogP contribution < -0.4 is 0 Å². The molecule has 18 heavy (non-hydrogen) atoms. The lowest BCUT2D eigenvalue weighted by atomic mass is 10.3. The zero-order valence-electron chi connectivity index (χ0n) is 11.0. The fourth-order valence-electron chi connectivity index (χ4n) is 1.63. The van der Waals surface area contributed by atoms with Crippen LogP contribution in [0, 0.1) is 6.92 Å². The first-order valence-electron chi connectivity index (χ1n) is 5.94. The Hall–Kier alpha value is -1.30. The molecule has 1 aromatic heterocycles. The zero-order valence-corrected chi connectivity index (χ0v) is 11.8. The van der Waals surface area contributed by atoms with Crippen LogP contribution in [0.25, 0.3) is 0 Å². The molecule has 0 aliphatic carbocycles. The van der Waals surface area contributed by atoms with Crippen LogP contribution in [-0.2, 0) is 21.1 Å². The van der Waals surface area contributed by atoms with Gasteiger partial charge in [-0.15, -0.1) is 0 Å². The molecule has 0 spiro atoms. The van der Waals surface area contributed by atoms with Crippen LogP contribution >= 0.6 is 0 Å². The number of carbonyl (C=O) groups is 1. The fourth-order valence-corrected chi connectivity index (χ4v) is 2.39. The molecule has 1 aromatic rings. The molecule has 6 heteroatoms. The Morgan fingerprint density at radius 3 is 2.61 bits per heavy atom. The molecule has 0 aromatic carbocycles. The van der Waals surface area contributed by atoms with E-state index in [9.17, 15) is 13.2 Å². The van der Waals surface area contributed by atoms with Crippen LogP contribution in [0.2, 0.25) is 0 Å². The summed E-state index contributed by atoms with van der Waals surface area (Å²) in [6, 6.07) is 1.78. The van der Waals surface area contributed by atoms with Gasteiger partial charge in [-0.3, -0.25) is 0 Å². The Morgan fingerprint density at radius 2 is 2.06 bits per heavy atom. The van der Waals surface area contributed by atoms with Crippen LogP contribution in [0.3, 0.4) is 0 Å². The summed E-state index contributed by atoms with van der Waals surface area (Å²) in [6.45, 7) is 5.73. The Kier molecular flexibility index (Phi) is 4.95. The first-order chi connectivity index (χ1) is 8.41. The van der Waals surface area contributed by atoms with E-state index in [2.05, 4.69) is 0 Å². The predicted octanol–water partition coefficient (Wildman–Crippen LogP) is 1.41. The first-order valence-corrected chi connectivity index (χ1v) is 7.76. The van der Waals surface area contributed by atoms with Gasteiger partial charge in [0.25, 0.3) is 0 Å². The Labute approximate surface area is 108 Å². The standard InChI is InChI=1S/C12H19NO4S/c1-4-17-12(14)11-10(3)6-7-13(11)8-9-18(15,16)5-2/h6-7H,4-5,8-9H2,1-3H3. The maximum Gasteiger partial charge on any atom is 0.355 e. The number of aryl methyl sites for hydroxylation is 2. The molecule has 0 radical (unpaired) electrons. The van der Waals surface area contributed by atoms with Crippen LogP contribution in [0.1, 0.15) is 29.9 Å². The summed E-state index contributed by atoms with van der Waals surface area (Å²) in [7, 11) is -3.04. The van der Waals surface area contributed by atoms with Crippen molar-refractivity contribution in [1.29, 1.82) is 0 Å². The van der Waals surface area contributed by atoms with Gasteiger partial charge in [0, 0.05) is 18.5 Å². The van der Waals surface area contributed by atoms with Gasteiger partial charge in [0.15, 0.2) is 9.84 Å². The summed E-state index contributed by atoms with van der Waals surface area (Å²) in [5.41, 5.74) is 1.23. The summed E-state index contributed by atoms with van der Waals surface area (Å²) >= 11 is 0. The van der Waals surface area contributed by atoms with E-state index in [0.29, 0.717) is 12.3 Å². The lowest BCUT2D eigenvalue weighted by Crippen LogP contribution is -2.18. The van der Waals surface area contributed by atoms with Gasteiger partial charge in [-0.05, 0) is 25.5 Å². The largest absolute Gasteiger partial charge is 0.461 e. The minimum atomic E-state index is -3.04. The molecular formula is C12H19NO4S. The highest BCUT2D eigenvalue weighted by Gasteiger charge is 2.17. The fraction of sp³-hybridized carbons (Fsp3) is 0.583. The number of hydrogen-bond donors (Lipinski definition) is 0. The van der Waals surface area contributed by atoms with E-state index < -0.39 is 15.8 Å². The SMILES string of the molecule is CCOC(=O)c1c(C)ccn1CCS(=O)(=O)CC. The molecule has 0 saturated heterocycles. The lowest BCUT2D eigenvalue weighted by molar-refractivity contribution is 0.0513. The topological polar surface area (TPSA) is 65.4 Å². The summed E-state index contributed by atoms with van der Waals surface area (Å²) in [5.74, 6) is -0.264. The average Bonchev–Trinajstić information content (AvgIpc) is 2.68. The van der Waals surface area contributed by atoms with Crippen LogP contribution in [0.4, 0.5) is 0 Å². The minimum Gasteiger partial charge on any atom is -0.461 e. The molecule has 0 saturated carbocycles. The van der Waals surface area contributed by atoms with E-state index in [-0.39, 0.29) is 18.1 Å². The number of esters is 1. The molecule has 0 bridgehead atoms. The summed E-state index contributed by atoms with van der Waals surface area (Å²) in [5, 5.41) is 0. The smallest absolute Gasteiger partial charge is 0.355 e. The van der Waals surface area contributed by atoms with Crippen molar-refractivity contribution in [2.24, 2.45) is 0 Å². The van der Waals surface area contributed by atoms with Crippen molar-refractivity contribution in [3.05, 3.63) is 23.5 Å². The van der Waals surface area contributed by atoms with Crippen molar-refractivity contribution in [2.75, 3.05) is 18.1 Å². The number of ether oxygens (including phenoxy) is 1. The predicted molar refractivity (Wildman–Crippen MR) is 69.5 cm³/mol. The second kappa shape index (κ2) is 6.04. The lowest BCUT2D eigenvalue weighted by Gasteiger charge is -2.09. The van der Waals surface area contributed by atoms with Crippen LogP contribution in [0.15, 0.2) is 12.3 Å². The number of aromatic nitrogens is 1. The van der Waals surface area contributed by atoms with Gasteiger partial charge in [0.2, 0.25) is 0 Å². The second-order valence-electron chi connectivity index (χ2n) is 4.00. The van der Waals surface area contributed by atoms with Gasteiger partial charge in [0.05, 0.1) is 12.4 Å². The Balaban J connectivity index is 2.88. The summed E-state index contributed by atoms with van der Waals surface area (Å²) < 4.78 is 29.5. The third kappa shape index (κ3) is 3.60. The van der Waals surface area contributed by atoms with Crippen molar-refractivity contribution < 1.29 is 17.9 Å². The van der Waals surface area contributed by atoms with E-state index in [1.807, 2.05) is 0 Å². The molecule has 0 fully saturated rings. The monoisotopic (exact) mass is 273 g/mol. The van der Waals surface area contributed by atoms with Gasteiger partial charge >= 0.3 is 5.97 Å². The number of rotatable bonds is 6. The third-order valence-corrected chi connectivity index (χ3v) is 4.40. The van der Waals surface area contributed by atoms with Crippen molar-refractivity contribution in [3.8, 4) is 0 Å². The maximum atomic E-state index is 11.7. The van der Waals surface area contributed by atoms with E-state index in [1.165, 1.54) is 0 Å². The van der Waals surface area contributed by atoms with Crippen molar-refractivity contribution in [3.63, 3.8) is 0 Å². The van der Waals surface area contributed by atoms with Crippen molar-refractivity contribution >= 4 is 15.8 Å². The van der Waals surface area contributed by atoms with E-state index in [1.54, 1.807) is 37.6 Å². The van der Waals surface area contributed by atoms with E-state index >= 15 is 0 Å². The molecule has 0 amide bonds. The highest BCUT2D eigenvalue weighted by Crippen LogP contribution is 2.12. The molecular weight excluding hydrogens is 254 g/mol. The van der Waals surface area contributed by atoms with Gasteiger partial charge in [-0.1, -0.05) is 6.92 Å². The zero-order chi connectivity index (χ0) is 13.8. The number of hydrogen-bond acceptors (Lipinski definition) is 4. The molecule has 102 valence electrons.